The summed E-state index contributed by atoms with van der Waals surface area (Å²) in [5.74, 6) is 0.562. The third kappa shape index (κ3) is 1.81. The lowest BCUT2D eigenvalue weighted by molar-refractivity contribution is 0.396. The number of aromatic nitrogens is 2. The third-order valence-electron chi connectivity index (χ3n) is 2.08. The molecule has 0 N–H and O–H groups in total. The van der Waals surface area contributed by atoms with Crippen LogP contribution in [-0.2, 0) is 0 Å². The molecule has 15 heavy (non-hydrogen) atoms. The number of hydrogen-bond donors (Lipinski definition) is 0. The van der Waals surface area contributed by atoms with Crippen LogP contribution in [0.1, 0.15) is 12.6 Å². The third-order valence-corrected chi connectivity index (χ3v) is 2.08. The fourth-order valence-corrected chi connectivity index (χ4v) is 1.41. The van der Waals surface area contributed by atoms with Gasteiger partial charge in [-0.1, -0.05) is 18.2 Å². The summed E-state index contributed by atoms with van der Waals surface area (Å²) in [5.41, 5.74) is 2.49. The molecule has 0 aliphatic carbocycles. The summed E-state index contributed by atoms with van der Waals surface area (Å²) in [5, 5.41) is 0. The lowest BCUT2D eigenvalue weighted by Crippen LogP contribution is -1.95. The van der Waals surface area contributed by atoms with Gasteiger partial charge >= 0.3 is 0 Å². The number of benzene rings is 1. The smallest absolute Gasteiger partial charge is 0.240 e. The highest BCUT2D eigenvalue weighted by Crippen LogP contribution is 2.19. The number of ether oxygens (including phenoxy) is 1. The van der Waals surface area contributed by atoms with Gasteiger partial charge in [-0.25, -0.2) is 9.97 Å². The molecule has 3 nitrogen and oxygen atoms in total. The van der Waals surface area contributed by atoms with Crippen LogP contribution in [0.15, 0.2) is 30.3 Å². The number of rotatable bonds is 2. The first-order valence-electron chi connectivity index (χ1n) is 4.78. The Morgan fingerprint density at radius 1 is 1.13 bits per heavy atom. The maximum Gasteiger partial charge on any atom is 0.240 e. The van der Waals surface area contributed by atoms with Gasteiger partial charge in [0.25, 0.3) is 0 Å². The molecule has 0 aliphatic heterocycles. The van der Waals surface area contributed by atoms with Gasteiger partial charge in [-0.15, -0.1) is 0 Å². The fourth-order valence-electron chi connectivity index (χ4n) is 1.41. The molecule has 0 amide bonds. The molecule has 0 saturated heterocycles. The van der Waals surface area contributed by atoms with E-state index in [-0.39, 0.29) is 0 Å². The quantitative estimate of drug-likeness (QED) is 0.747. The van der Waals surface area contributed by atoms with Crippen LogP contribution in [0.2, 0.25) is 0 Å². The summed E-state index contributed by atoms with van der Waals surface area (Å²) in [4.78, 5) is 8.84. The minimum atomic E-state index is 0.562. The van der Waals surface area contributed by atoms with Gasteiger partial charge in [0.05, 0.1) is 18.1 Å². The van der Waals surface area contributed by atoms with Crippen LogP contribution in [0.3, 0.4) is 0 Å². The van der Waals surface area contributed by atoms with Crippen molar-refractivity contribution in [1.29, 1.82) is 0 Å². The molecule has 2 aromatic rings. The van der Waals surface area contributed by atoms with Crippen LogP contribution in [0, 0.1) is 0 Å². The van der Waals surface area contributed by atoms with E-state index in [1.165, 1.54) is 0 Å². The highest BCUT2D eigenvalue weighted by Gasteiger charge is 2.05. The van der Waals surface area contributed by atoms with Crippen molar-refractivity contribution in [2.75, 3.05) is 7.11 Å². The molecule has 0 aliphatic rings. The molecule has 0 radical (unpaired) electrons. The first-order valence-corrected chi connectivity index (χ1v) is 4.78. The highest BCUT2D eigenvalue weighted by atomic mass is 16.5. The Hall–Kier alpha value is -1.90. The van der Waals surface area contributed by atoms with Gasteiger partial charge < -0.3 is 4.74 Å². The van der Waals surface area contributed by atoms with Crippen molar-refractivity contribution in [3.63, 3.8) is 0 Å². The second kappa shape index (κ2) is 4.09. The number of hydrogen-bond acceptors (Lipinski definition) is 3. The van der Waals surface area contributed by atoms with E-state index in [2.05, 4.69) is 9.97 Å². The van der Waals surface area contributed by atoms with Crippen LogP contribution in [0.25, 0.3) is 17.1 Å². The molecule has 0 spiro atoms. The van der Waals surface area contributed by atoms with E-state index in [1.807, 2.05) is 43.3 Å². The van der Waals surface area contributed by atoms with Crippen LogP contribution in [0.5, 0.6) is 5.88 Å². The summed E-state index contributed by atoms with van der Waals surface area (Å²) < 4.78 is 5.18. The van der Waals surface area contributed by atoms with Gasteiger partial charge in [-0.05, 0) is 25.1 Å². The van der Waals surface area contributed by atoms with Crippen molar-refractivity contribution < 1.29 is 4.74 Å². The molecule has 0 unspecified atom stereocenters. The monoisotopic (exact) mass is 200 g/mol. The van der Waals surface area contributed by atoms with Gasteiger partial charge in [-0.3, -0.25) is 0 Å². The van der Waals surface area contributed by atoms with E-state index in [1.54, 1.807) is 7.11 Å². The summed E-state index contributed by atoms with van der Waals surface area (Å²) in [7, 11) is 1.60. The van der Waals surface area contributed by atoms with Gasteiger partial charge in [0.15, 0.2) is 0 Å². The average molecular weight is 200 g/mol. The molecule has 2 rings (SSSR count). The highest BCUT2D eigenvalue weighted by molar-refractivity contribution is 5.76. The molecular weight excluding hydrogens is 188 g/mol. The van der Waals surface area contributed by atoms with E-state index >= 15 is 0 Å². The fraction of sp³-hybridized carbons (Fsp3) is 0.167. The number of para-hydroxylation sites is 2. The van der Waals surface area contributed by atoms with Crippen molar-refractivity contribution in [2.45, 2.75) is 6.92 Å². The van der Waals surface area contributed by atoms with Crippen molar-refractivity contribution in [3.05, 3.63) is 36.0 Å². The lowest BCUT2D eigenvalue weighted by Gasteiger charge is -2.04. The predicted octanol–water partition coefficient (Wildman–Crippen LogP) is 2.67. The second-order valence-electron chi connectivity index (χ2n) is 3.11. The number of methoxy groups -OCH3 is 1. The van der Waals surface area contributed by atoms with Crippen molar-refractivity contribution in [1.82, 2.24) is 9.97 Å². The predicted molar refractivity (Wildman–Crippen MR) is 60.8 cm³/mol. The molecule has 0 bridgehead atoms. The van der Waals surface area contributed by atoms with E-state index in [4.69, 9.17) is 4.74 Å². The summed E-state index contributed by atoms with van der Waals surface area (Å²) >= 11 is 0. The van der Waals surface area contributed by atoms with Gasteiger partial charge in [0.1, 0.15) is 5.69 Å². The van der Waals surface area contributed by atoms with Crippen LogP contribution in [0.4, 0.5) is 0 Å². The van der Waals surface area contributed by atoms with E-state index < -0.39 is 0 Å². The number of fused-ring (bicyclic) bond motifs is 1. The maximum atomic E-state index is 5.18. The Morgan fingerprint density at radius 3 is 2.40 bits per heavy atom. The molecule has 1 aromatic heterocycles. The normalized spacial score (nSPS) is 11.1. The van der Waals surface area contributed by atoms with Gasteiger partial charge in [0.2, 0.25) is 5.88 Å². The number of allylic oxidation sites excluding steroid dienone is 1. The zero-order chi connectivity index (χ0) is 10.7. The first kappa shape index (κ1) is 9.65. The maximum absolute atomic E-state index is 5.18. The molecule has 0 saturated carbocycles. The zero-order valence-electron chi connectivity index (χ0n) is 8.77. The van der Waals surface area contributed by atoms with Crippen LogP contribution in [-0.4, -0.2) is 17.1 Å². The SMILES string of the molecule is C/C=C/c1nc2ccccc2nc1OC. The van der Waals surface area contributed by atoms with Gasteiger partial charge in [0, 0.05) is 0 Å². The van der Waals surface area contributed by atoms with Gasteiger partial charge in [-0.2, -0.15) is 0 Å². The van der Waals surface area contributed by atoms with E-state index in [0.29, 0.717) is 5.88 Å². The molecule has 1 aromatic carbocycles. The Balaban J connectivity index is 2.69. The second-order valence-corrected chi connectivity index (χ2v) is 3.11. The molecule has 0 atom stereocenters. The molecule has 1 heterocycles. The van der Waals surface area contributed by atoms with Crippen LogP contribution >= 0.6 is 0 Å². The Kier molecular flexibility index (Phi) is 2.63. The largest absolute Gasteiger partial charge is 0.479 e. The minimum Gasteiger partial charge on any atom is -0.479 e. The molecule has 76 valence electrons. The minimum absolute atomic E-state index is 0.562. The van der Waals surface area contributed by atoms with Crippen molar-refractivity contribution in [3.8, 4) is 5.88 Å². The first-order chi connectivity index (χ1) is 7.35. The Bertz CT molecular complexity index is 506. The van der Waals surface area contributed by atoms with Crippen molar-refractivity contribution in [2.24, 2.45) is 0 Å². The lowest BCUT2D eigenvalue weighted by atomic mass is 10.3. The Morgan fingerprint density at radius 2 is 1.80 bits per heavy atom. The zero-order valence-corrected chi connectivity index (χ0v) is 8.77. The van der Waals surface area contributed by atoms with Crippen LogP contribution < -0.4 is 4.74 Å². The van der Waals surface area contributed by atoms with E-state index in [0.717, 1.165) is 16.7 Å². The number of nitrogens with zero attached hydrogens (tertiary/aromatic N) is 2. The summed E-state index contributed by atoms with van der Waals surface area (Å²) in [6, 6.07) is 7.74. The van der Waals surface area contributed by atoms with E-state index in [9.17, 15) is 0 Å². The standard InChI is InChI=1S/C12H12N2O/c1-3-6-11-12(15-2)14-10-8-5-4-7-9(10)13-11/h3-8H,1-2H3/b6-3+. The van der Waals surface area contributed by atoms with Crippen molar-refractivity contribution >= 4 is 17.1 Å². The average Bonchev–Trinajstić information content (AvgIpc) is 2.28. The summed E-state index contributed by atoms with van der Waals surface area (Å²) in [6.45, 7) is 1.94. The molecular formula is C12H12N2O. The topological polar surface area (TPSA) is 35.0 Å². The Labute approximate surface area is 88.4 Å². The molecule has 3 heteroatoms. The summed E-state index contributed by atoms with van der Waals surface area (Å²) in [6.07, 6.45) is 3.81. The molecule has 0 fully saturated rings.